The van der Waals surface area contributed by atoms with E-state index in [0.717, 1.165) is 52.7 Å². The van der Waals surface area contributed by atoms with Crippen LogP contribution in [0.4, 0.5) is 5.82 Å². The van der Waals surface area contributed by atoms with Gasteiger partial charge in [-0.1, -0.05) is 61.9 Å². The topological polar surface area (TPSA) is 56.2 Å². The molecule has 2 heterocycles. The van der Waals surface area contributed by atoms with Gasteiger partial charge in [-0.2, -0.15) is 5.10 Å². The molecule has 0 saturated carbocycles. The highest BCUT2D eigenvalue weighted by Crippen LogP contribution is 2.46. The summed E-state index contributed by atoms with van der Waals surface area (Å²) in [7, 11) is 0. The molecule has 5 nitrogen and oxygen atoms in total. The molecule has 4 aromatic rings. The number of aryl methyl sites for hydroxylation is 2. The average molecular weight is 484 g/mol. The quantitative estimate of drug-likeness (QED) is 0.318. The highest BCUT2D eigenvalue weighted by molar-refractivity contribution is 8.01. The lowest BCUT2D eigenvalue weighted by Crippen LogP contribution is -2.22. The van der Waals surface area contributed by atoms with Gasteiger partial charge < -0.3 is 10.1 Å². The van der Waals surface area contributed by atoms with E-state index in [0.29, 0.717) is 0 Å². The molecule has 5 rings (SSSR count). The molecule has 0 unspecified atom stereocenters. The number of hydrogen-bond acceptors (Lipinski definition) is 4. The number of ether oxygens (including phenoxy) is 1. The number of thioether (sulfide) groups is 1. The Morgan fingerprint density at radius 2 is 1.66 bits per heavy atom. The smallest absolute Gasteiger partial charge is 0.238 e. The van der Waals surface area contributed by atoms with Crippen LogP contribution in [0.15, 0.2) is 78.9 Å². The number of fused-ring (bicyclic) bond motifs is 1. The summed E-state index contributed by atoms with van der Waals surface area (Å²) in [6.07, 6.45) is 1.99. The predicted molar refractivity (Wildman–Crippen MR) is 143 cm³/mol. The molecular formula is C29H29N3O2S. The summed E-state index contributed by atoms with van der Waals surface area (Å²) in [5.41, 5.74) is 5.32. The number of amides is 1. The van der Waals surface area contributed by atoms with Gasteiger partial charge in [0, 0.05) is 5.56 Å². The Hall–Kier alpha value is -3.51. The number of rotatable bonds is 6. The van der Waals surface area contributed by atoms with Crippen molar-refractivity contribution in [1.82, 2.24) is 9.78 Å². The second kappa shape index (κ2) is 10.0. The number of aromatic nitrogens is 2. The van der Waals surface area contributed by atoms with Gasteiger partial charge in [-0.05, 0) is 61.7 Å². The van der Waals surface area contributed by atoms with Gasteiger partial charge in [0.05, 0.1) is 21.9 Å². The van der Waals surface area contributed by atoms with Crippen LogP contribution in [-0.2, 0) is 11.2 Å². The zero-order chi connectivity index (χ0) is 24.4. The van der Waals surface area contributed by atoms with Gasteiger partial charge >= 0.3 is 0 Å². The first kappa shape index (κ1) is 23.2. The van der Waals surface area contributed by atoms with E-state index in [4.69, 9.17) is 9.84 Å². The fraction of sp³-hybridized carbons (Fsp3) is 0.241. The highest BCUT2D eigenvalue weighted by Gasteiger charge is 2.34. The summed E-state index contributed by atoms with van der Waals surface area (Å²) in [4.78, 5) is 13.0. The molecule has 1 aliphatic rings. The van der Waals surface area contributed by atoms with E-state index in [1.807, 2.05) is 67.1 Å². The fourth-order valence-corrected chi connectivity index (χ4v) is 5.80. The van der Waals surface area contributed by atoms with E-state index in [1.165, 1.54) is 5.56 Å². The van der Waals surface area contributed by atoms with Crippen LogP contribution in [0.25, 0.3) is 5.69 Å². The van der Waals surface area contributed by atoms with Crippen molar-refractivity contribution in [2.75, 3.05) is 5.32 Å². The first-order chi connectivity index (χ1) is 17.0. The van der Waals surface area contributed by atoms with E-state index in [1.54, 1.807) is 11.8 Å². The Bertz CT molecular complexity index is 1330. The molecule has 3 aromatic carbocycles. The van der Waals surface area contributed by atoms with Crippen molar-refractivity contribution < 1.29 is 9.53 Å². The van der Waals surface area contributed by atoms with E-state index >= 15 is 0 Å². The van der Waals surface area contributed by atoms with E-state index in [-0.39, 0.29) is 16.4 Å². The normalized spacial score (nSPS) is 17.4. The van der Waals surface area contributed by atoms with Crippen molar-refractivity contribution in [3.05, 3.63) is 101 Å². The van der Waals surface area contributed by atoms with Crippen molar-refractivity contribution in [3.8, 4) is 17.2 Å². The number of para-hydroxylation sites is 2. The SMILES string of the molecule is CCCc1ccccc1-n1nc(C)c2c1NC(=O)[C@H](C)S[C@@H]2c1ccc(Oc2ccccc2)cc1. The Kier molecular flexibility index (Phi) is 6.64. The Morgan fingerprint density at radius 3 is 2.40 bits per heavy atom. The molecule has 0 radical (unpaired) electrons. The lowest BCUT2D eigenvalue weighted by Gasteiger charge is -2.18. The molecule has 1 aliphatic heterocycles. The van der Waals surface area contributed by atoms with Gasteiger partial charge in [0.15, 0.2) is 0 Å². The van der Waals surface area contributed by atoms with Crippen LogP contribution in [0.5, 0.6) is 11.5 Å². The molecule has 1 N–H and O–H groups in total. The zero-order valence-corrected chi connectivity index (χ0v) is 21.0. The Balaban J connectivity index is 1.55. The summed E-state index contributed by atoms with van der Waals surface area (Å²) >= 11 is 1.65. The van der Waals surface area contributed by atoms with Crippen LogP contribution < -0.4 is 10.1 Å². The van der Waals surface area contributed by atoms with Crippen molar-refractivity contribution in [1.29, 1.82) is 0 Å². The van der Waals surface area contributed by atoms with E-state index in [2.05, 4.69) is 42.6 Å². The van der Waals surface area contributed by atoms with Crippen molar-refractivity contribution in [3.63, 3.8) is 0 Å². The zero-order valence-electron chi connectivity index (χ0n) is 20.2. The number of carbonyl (C=O) groups is 1. The minimum absolute atomic E-state index is 0.00287. The summed E-state index contributed by atoms with van der Waals surface area (Å²) in [6.45, 7) is 6.16. The molecular weight excluding hydrogens is 454 g/mol. The third kappa shape index (κ3) is 4.71. The van der Waals surface area contributed by atoms with Gasteiger partial charge in [0.25, 0.3) is 0 Å². The second-order valence-corrected chi connectivity index (χ2v) is 10.2. The van der Waals surface area contributed by atoms with Crippen LogP contribution >= 0.6 is 11.8 Å². The molecule has 0 spiro atoms. The molecule has 6 heteroatoms. The van der Waals surface area contributed by atoms with Crippen molar-refractivity contribution >= 4 is 23.5 Å². The number of hydrogen-bond donors (Lipinski definition) is 1. The molecule has 178 valence electrons. The standard InChI is InChI=1S/C29H29N3O2S/c1-4-10-21-11-8-9-14-25(21)32-28-26(19(2)31-32)27(35-20(3)29(33)30-28)22-15-17-24(18-16-22)34-23-12-6-5-7-13-23/h5-9,11-18,20,27H,4,10H2,1-3H3,(H,30,33)/t20-,27+/m0/s1. The summed E-state index contributed by atoms with van der Waals surface area (Å²) in [5.74, 6) is 2.35. The van der Waals surface area contributed by atoms with Crippen LogP contribution in [0.1, 0.15) is 47.9 Å². The summed E-state index contributed by atoms with van der Waals surface area (Å²) in [5, 5.41) is 7.88. The molecule has 0 bridgehead atoms. The Labute approximate surface area is 210 Å². The fourth-order valence-electron chi connectivity index (χ4n) is 4.48. The molecule has 1 amide bonds. The minimum Gasteiger partial charge on any atom is -0.457 e. The molecule has 0 aliphatic carbocycles. The highest BCUT2D eigenvalue weighted by atomic mass is 32.2. The van der Waals surface area contributed by atoms with E-state index in [9.17, 15) is 4.79 Å². The predicted octanol–water partition coefficient (Wildman–Crippen LogP) is 7.09. The van der Waals surface area contributed by atoms with Crippen LogP contribution in [0, 0.1) is 6.92 Å². The summed E-state index contributed by atoms with van der Waals surface area (Å²) < 4.78 is 7.91. The molecule has 1 aromatic heterocycles. The lowest BCUT2D eigenvalue weighted by atomic mass is 10.0. The average Bonchev–Trinajstić information content (AvgIpc) is 3.12. The number of benzene rings is 3. The number of nitrogens with zero attached hydrogens (tertiary/aromatic N) is 2. The van der Waals surface area contributed by atoms with Gasteiger partial charge in [-0.15, -0.1) is 11.8 Å². The van der Waals surface area contributed by atoms with Gasteiger partial charge in [-0.25, -0.2) is 4.68 Å². The lowest BCUT2D eigenvalue weighted by molar-refractivity contribution is -0.115. The minimum atomic E-state index is -0.202. The second-order valence-electron chi connectivity index (χ2n) is 8.77. The molecule has 35 heavy (non-hydrogen) atoms. The van der Waals surface area contributed by atoms with Crippen LogP contribution in [0.2, 0.25) is 0 Å². The maximum absolute atomic E-state index is 13.0. The van der Waals surface area contributed by atoms with Crippen molar-refractivity contribution in [2.45, 2.75) is 44.1 Å². The summed E-state index contributed by atoms with van der Waals surface area (Å²) in [6, 6.07) is 26.2. The van der Waals surface area contributed by atoms with Gasteiger partial charge in [-0.3, -0.25) is 4.79 Å². The van der Waals surface area contributed by atoms with Gasteiger partial charge in [0.2, 0.25) is 5.91 Å². The third-order valence-electron chi connectivity index (χ3n) is 6.22. The van der Waals surface area contributed by atoms with Crippen LogP contribution in [0.3, 0.4) is 0 Å². The Morgan fingerprint density at radius 1 is 0.971 bits per heavy atom. The first-order valence-electron chi connectivity index (χ1n) is 12.0. The third-order valence-corrected chi connectivity index (χ3v) is 7.62. The first-order valence-corrected chi connectivity index (χ1v) is 13.0. The van der Waals surface area contributed by atoms with Crippen molar-refractivity contribution in [2.24, 2.45) is 0 Å². The molecule has 0 saturated heterocycles. The molecule has 0 fully saturated rings. The van der Waals surface area contributed by atoms with Crippen LogP contribution in [-0.4, -0.2) is 20.9 Å². The maximum Gasteiger partial charge on any atom is 0.238 e. The largest absolute Gasteiger partial charge is 0.457 e. The van der Waals surface area contributed by atoms with Gasteiger partial charge in [0.1, 0.15) is 17.3 Å². The number of nitrogens with one attached hydrogen (secondary N) is 1. The molecule has 2 atom stereocenters. The number of anilines is 1. The maximum atomic E-state index is 13.0. The number of carbonyl (C=O) groups excluding carboxylic acids is 1. The monoisotopic (exact) mass is 483 g/mol. The van der Waals surface area contributed by atoms with E-state index < -0.39 is 0 Å².